The summed E-state index contributed by atoms with van der Waals surface area (Å²) in [6.45, 7) is 1.82. The van der Waals surface area contributed by atoms with Crippen molar-refractivity contribution in [1.29, 1.82) is 5.26 Å². The number of nitriles is 1. The summed E-state index contributed by atoms with van der Waals surface area (Å²) in [4.78, 5) is 22.0. The Morgan fingerprint density at radius 3 is 2.50 bits per heavy atom. The zero-order valence-corrected chi connectivity index (χ0v) is 18.2. The van der Waals surface area contributed by atoms with Gasteiger partial charge in [-0.15, -0.1) is 0 Å². The lowest BCUT2D eigenvalue weighted by molar-refractivity contribution is 0.354. The number of nitrogens with one attached hydrogen (secondary N) is 2. The summed E-state index contributed by atoms with van der Waals surface area (Å²) in [6, 6.07) is 13.0. The van der Waals surface area contributed by atoms with Crippen LogP contribution in [0, 0.1) is 18.3 Å². The molecule has 0 radical (unpaired) electrons. The van der Waals surface area contributed by atoms with Gasteiger partial charge in [-0.25, -0.2) is 18.2 Å². The second-order valence-electron chi connectivity index (χ2n) is 6.49. The monoisotopic (exact) mass is 453 g/mol. The predicted molar refractivity (Wildman–Crippen MR) is 118 cm³/mol. The van der Waals surface area contributed by atoms with Crippen molar-refractivity contribution in [2.24, 2.45) is 4.99 Å². The summed E-state index contributed by atoms with van der Waals surface area (Å²) in [5.74, 6) is 0.456. The van der Waals surface area contributed by atoms with Gasteiger partial charge < -0.3 is 9.47 Å². The molecule has 0 bridgehead atoms. The number of nitrogens with zero attached hydrogens (tertiary/aromatic N) is 3. The van der Waals surface area contributed by atoms with Crippen LogP contribution in [0.5, 0.6) is 11.5 Å². The van der Waals surface area contributed by atoms with E-state index in [0.717, 1.165) is 5.56 Å². The topological polar surface area (TPSA) is 147 Å². The highest BCUT2D eigenvalue weighted by Crippen LogP contribution is 2.31. The first-order chi connectivity index (χ1) is 15.3. The minimum Gasteiger partial charge on any atom is -0.493 e. The largest absolute Gasteiger partial charge is 0.493 e. The van der Waals surface area contributed by atoms with Crippen LogP contribution < -0.4 is 19.9 Å². The quantitative estimate of drug-likeness (QED) is 0.523. The lowest BCUT2D eigenvalue weighted by Crippen LogP contribution is -2.20. The predicted octanol–water partition coefficient (Wildman–Crippen LogP) is 2.52. The van der Waals surface area contributed by atoms with Crippen LogP contribution in [0.25, 0.3) is 0 Å². The number of methoxy groups -OCH3 is 2. The van der Waals surface area contributed by atoms with E-state index in [1.54, 1.807) is 36.4 Å². The molecular weight excluding hydrogens is 434 g/mol. The molecule has 1 heterocycles. The van der Waals surface area contributed by atoms with Gasteiger partial charge in [0.15, 0.2) is 23.0 Å². The molecule has 3 aromatic rings. The highest BCUT2D eigenvalue weighted by molar-refractivity contribution is 7.92. The molecule has 164 valence electrons. The Balaban J connectivity index is 2.10. The fourth-order valence-electron chi connectivity index (χ4n) is 2.80. The van der Waals surface area contributed by atoms with E-state index in [9.17, 15) is 18.5 Å². The first-order valence-electron chi connectivity index (χ1n) is 9.18. The zero-order chi connectivity index (χ0) is 23.3. The van der Waals surface area contributed by atoms with E-state index >= 15 is 0 Å². The van der Waals surface area contributed by atoms with Gasteiger partial charge in [-0.1, -0.05) is 23.8 Å². The lowest BCUT2D eigenvalue weighted by Gasteiger charge is -2.11. The SMILES string of the molecule is COc1cccc(C=Nc2c(NS(=O)(=O)c3ccc(C)cc3)nc(=O)[nH]c2C#N)c1OC. The Morgan fingerprint density at radius 2 is 1.88 bits per heavy atom. The number of H-pyrrole nitrogens is 1. The van der Waals surface area contributed by atoms with Gasteiger partial charge in [-0.05, 0) is 31.2 Å². The van der Waals surface area contributed by atoms with Gasteiger partial charge in [0.05, 0.1) is 19.1 Å². The molecule has 0 spiro atoms. The number of sulfonamides is 1. The average Bonchev–Trinajstić information content (AvgIpc) is 2.77. The summed E-state index contributed by atoms with van der Waals surface area (Å²) in [7, 11) is -1.15. The second kappa shape index (κ2) is 9.32. The van der Waals surface area contributed by atoms with E-state index in [1.807, 2.05) is 6.92 Å². The molecule has 1 aromatic heterocycles. The van der Waals surface area contributed by atoms with Crippen LogP contribution in [0.2, 0.25) is 0 Å². The molecule has 0 fully saturated rings. The van der Waals surface area contributed by atoms with Crippen molar-refractivity contribution in [3.63, 3.8) is 0 Å². The minimum absolute atomic E-state index is 0.0342. The number of rotatable bonds is 7. The Hall–Kier alpha value is -4.17. The highest BCUT2D eigenvalue weighted by atomic mass is 32.2. The molecule has 0 saturated heterocycles. The van der Waals surface area contributed by atoms with E-state index in [0.29, 0.717) is 17.1 Å². The van der Waals surface area contributed by atoms with Gasteiger partial charge in [0.1, 0.15) is 11.8 Å². The number of hydrogen-bond acceptors (Lipinski definition) is 8. The summed E-state index contributed by atoms with van der Waals surface area (Å²) in [6.07, 6.45) is 1.35. The molecule has 2 aromatic carbocycles. The molecule has 10 nitrogen and oxygen atoms in total. The maximum atomic E-state index is 12.8. The first-order valence-corrected chi connectivity index (χ1v) is 10.7. The van der Waals surface area contributed by atoms with Gasteiger partial charge in [0, 0.05) is 11.8 Å². The molecule has 2 N–H and O–H groups in total. The number of benzene rings is 2. The number of ether oxygens (including phenoxy) is 2. The van der Waals surface area contributed by atoms with Gasteiger partial charge in [0.25, 0.3) is 10.0 Å². The standard InChI is InChI=1S/C21H19N5O5S/c1-13-7-9-15(10-8-13)32(28,29)26-20-18(16(11-22)24-21(27)25-20)23-12-14-5-4-6-17(30-2)19(14)31-3/h4-10,12H,1-3H3,(H2,24,25,26,27). The van der Waals surface area contributed by atoms with Gasteiger partial charge in [-0.3, -0.25) is 9.71 Å². The number of anilines is 1. The van der Waals surface area contributed by atoms with E-state index in [1.165, 1.54) is 32.6 Å². The Bertz CT molecular complexity index is 1370. The molecule has 0 unspecified atom stereocenters. The van der Waals surface area contributed by atoms with Gasteiger partial charge in [-0.2, -0.15) is 10.2 Å². The van der Waals surface area contributed by atoms with Crippen LogP contribution in [-0.2, 0) is 10.0 Å². The fraction of sp³-hybridized carbons (Fsp3) is 0.143. The molecule has 0 saturated carbocycles. The van der Waals surface area contributed by atoms with E-state index in [2.05, 4.69) is 19.7 Å². The highest BCUT2D eigenvalue weighted by Gasteiger charge is 2.20. The Kier molecular flexibility index (Phi) is 6.56. The number of aliphatic imine (C=N–C) groups is 1. The normalized spacial score (nSPS) is 11.2. The number of aromatic nitrogens is 2. The Labute approximate surface area is 184 Å². The van der Waals surface area contributed by atoms with Crippen molar-refractivity contribution in [3.05, 3.63) is 69.8 Å². The van der Waals surface area contributed by atoms with Crippen LogP contribution in [-0.4, -0.2) is 38.8 Å². The first kappa shape index (κ1) is 22.5. The van der Waals surface area contributed by atoms with Gasteiger partial charge >= 0.3 is 5.69 Å². The van der Waals surface area contributed by atoms with Crippen LogP contribution >= 0.6 is 0 Å². The fourth-order valence-corrected chi connectivity index (χ4v) is 3.81. The molecule has 0 aliphatic carbocycles. The van der Waals surface area contributed by atoms with Crippen molar-refractivity contribution in [2.75, 3.05) is 18.9 Å². The third-order valence-electron chi connectivity index (χ3n) is 4.35. The van der Waals surface area contributed by atoms with E-state index in [4.69, 9.17) is 9.47 Å². The number of hydrogen-bond donors (Lipinski definition) is 2. The number of aromatic amines is 1. The van der Waals surface area contributed by atoms with Crippen LogP contribution in [0.4, 0.5) is 11.5 Å². The summed E-state index contributed by atoms with van der Waals surface area (Å²) >= 11 is 0. The van der Waals surface area contributed by atoms with Crippen molar-refractivity contribution < 1.29 is 17.9 Å². The third-order valence-corrected chi connectivity index (χ3v) is 5.70. The van der Waals surface area contributed by atoms with Crippen molar-refractivity contribution in [1.82, 2.24) is 9.97 Å². The van der Waals surface area contributed by atoms with Crippen LogP contribution in [0.15, 0.2) is 57.1 Å². The van der Waals surface area contributed by atoms with Crippen molar-refractivity contribution in [3.8, 4) is 17.6 Å². The maximum absolute atomic E-state index is 12.8. The number of aryl methyl sites for hydroxylation is 1. The molecular formula is C21H19N5O5S. The molecule has 0 amide bonds. The smallest absolute Gasteiger partial charge is 0.348 e. The van der Waals surface area contributed by atoms with Crippen molar-refractivity contribution >= 4 is 27.7 Å². The summed E-state index contributed by atoms with van der Waals surface area (Å²) in [5.41, 5.74) is 0.0512. The molecule has 3 rings (SSSR count). The molecule has 0 aliphatic rings. The average molecular weight is 453 g/mol. The maximum Gasteiger partial charge on any atom is 0.348 e. The van der Waals surface area contributed by atoms with Crippen LogP contribution in [0.3, 0.4) is 0 Å². The van der Waals surface area contributed by atoms with Gasteiger partial charge in [0.2, 0.25) is 0 Å². The molecule has 11 heteroatoms. The minimum atomic E-state index is -4.09. The summed E-state index contributed by atoms with van der Waals surface area (Å²) < 4.78 is 38.4. The molecule has 0 atom stereocenters. The van der Waals surface area contributed by atoms with E-state index < -0.39 is 15.7 Å². The Morgan fingerprint density at radius 1 is 1.16 bits per heavy atom. The number of para-hydroxylation sites is 1. The lowest BCUT2D eigenvalue weighted by atomic mass is 10.2. The summed E-state index contributed by atoms with van der Waals surface area (Å²) in [5, 5.41) is 9.45. The third kappa shape index (κ3) is 4.76. The zero-order valence-electron chi connectivity index (χ0n) is 17.4. The van der Waals surface area contributed by atoms with Crippen molar-refractivity contribution in [2.45, 2.75) is 11.8 Å². The molecule has 0 aliphatic heterocycles. The second-order valence-corrected chi connectivity index (χ2v) is 8.17. The van der Waals surface area contributed by atoms with Crippen LogP contribution in [0.1, 0.15) is 16.8 Å². The molecule has 32 heavy (non-hydrogen) atoms. The van der Waals surface area contributed by atoms with E-state index in [-0.39, 0.29) is 22.1 Å².